The summed E-state index contributed by atoms with van der Waals surface area (Å²) in [5.41, 5.74) is 0. The highest BCUT2D eigenvalue weighted by Crippen LogP contribution is 1.99. The lowest BCUT2D eigenvalue weighted by Gasteiger charge is -2.02. The first kappa shape index (κ1) is 8.18. The minimum absolute atomic E-state index is 0.699. The Hall–Kier alpha value is 0.177. The number of hydrogen-bond acceptors (Lipinski definition) is 1. The molecule has 2 heteroatoms. The summed E-state index contributed by atoms with van der Waals surface area (Å²) in [6.45, 7) is 4.42. The lowest BCUT2D eigenvalue weighted by Crippen LogP contribution is -2.23. The van der Waals surface area contributed by atoms with E-state index < -0.39 is 8.96 Å². The van der Waals surface area contributed by atoms with Gasteiger partial charge in [-0.25, -0.2) is 0 Å². The average Bonchev–Trinajstić information content (AvgIpc) is 1.83. The van der Waals surface area contributed by atoms with Crippen LogP contribution in [-0.2, 0) is 0 Å². The molecule has 0 radical (unpaired) electrons. The van der Waals surface area contributed by atoms with Gasteiger partial charge in [0.1, 0.15) is 8.96 Å². The fourth-order valence-corrected chi connectivity index (χ4v) is 2.01. The molecule has 0 fully saturated rings. The first-order chi connectivity index (χ1) is 3.81. The van der Waals surface area contributed by atoms with Crippen molar-refractivity contribution in [3.8, 4) is 0 Å². The van der Waals surface area contributed by atoms with Gasteiger partial charge in [0.2, 0.25) is 0 Å². The molecule has 0 heterocycles. The van der Waals surface area contributed by atoms with Crippen molar-refractivity contribution in [1.29, 1.82) is 0 Å². The van der Waals surface area contributed by atoms with Gasteiger partial charge in [-0.2, -0.15) is 0 Å². The van der Waals surface area contributed by atoms with E-state index in [9.17, 15) is 0 Å². The van der Waals surface area contributed by atoms with Crippen molar-refractivity contribution in [3.05, 3.63) is 0 Å². The van der Waals surface area contributed by atoms with Crippen LogP contribution >= 0.6 is 0 Å². The zero-order valence-corrected chi connectivity index (χ0v) is 7.14. The molecule has 0 aromatic rings. The van der Waals surface area contributed by atoms with Crippen LogP contribution in [0, 0.1) is 0 Å². The highest BCUT2D eigenvalue weighted by atomic mass is 28.3. The molecule has 1 unspecified atom stereocenters. The predicted octanol–water partition coefficient (Wildman–Crippen LogP) is 1.49. The van der Waals surface area contributed by atoms with E-state index in [0.717, 1.165) is 0 Å². The molecule has 0 saturated heterocycles. The van der Waals surface area contributed by atoms with Crippen LogP contribution in [0.5, 0.6) is 0 Å². The summed E-state index contributed by atoms with van der Waals surface area (Å²) < 4.78 is 0. The third kappa shape index (κ3) is 4.34. The van der Waals surface area contributed by atoms with E-state index in [2.05, 4.69) is 13.8 Å². The molecule has 2 N–H and O–H groups in total. The first-order valence-corrected chi connectivity index (χ1v) is 5.86. The Bertz CT molecular complexity index is 47.8. The molecule has 50 valence electrons. The van der Waals surface area contributed by atoms with Gasteiger partial charge in [0.15, 0.2) is 0 Å². The van der Waals surface area contributed by atoms with Crippen molar-refractivity contribution >= 4 is 8.96 Å². The molecule has 0 aromatic heterocycles. The maximum absolute atomic E-state index is 5.80. The number of hydrogen-bond donors (Lipinski definition) is 1. The summed E-state index contributed by atoms with van der Waals surface area (Å²) in [5.74, 6) is 0. The Balaban J connectivity index is 2.86. The van der Waals surface area contributed by atoms with E-state index in [1.165, 1.54) is 24.9 Å². The third-order valence-electron chi connectivity index (χ3n) is 1.45. The highest BCUT2D eigenvalue weighted by molar-refractivity contribution is 6.54. The van der Waals surface area contributed by atoms with Crippen molar-refractivity contribution in [1.82, 2.24) is 0 Å². The summed E-state index contributed by atoms with van der Waals surface area (Å²) in [7, 11) is -0.699. The molecule has 8 heavy (non-hydrogen) atoms. The summed E-state index contributed by atoms with van der Waals surface area (Å²) in [5, 5.41) is 5.80. The first-order valence-electron chi connectivity index (χ1n) is 3.56. The smallest absolute Gasteiger partial charge is 0.105 e. The maximum atomic E-state index is 5.80. The zero-order valence-electron chi connectivity index (χ0n) is 5.98. The zero-order chi connectivity index (χ0) is 6.41. The van der Waals surface area contributed by atoms with Crippen molar-refractivity contribution in [3.63, 3.8) is 0 Å². The van der Waals surface area contributed by atoms with Crippen LogP contribution in [0.3, 0.4) is 0 Å². The normalized spacial score (nSPS) is 13.9. The lowest BCUT2D eigenvalue weighted by atomic mass is 10.4. The van der Waals surface area contributed by atoms with Crippen LogP contribution in [0.2, 0.25) is 12.1 Å². The fourth-order valence-electron chi connectivity index (χ4n) is 0.670. The van der Waals surface area contributed by atoms with Crippen LogP contribution in [-0.4, -0.2) is 8.96 Å². The van der Waals surface area contributed by atoms with Gasteiger partial charge in [-0.3, -0.25) is 0 Å². The Morgan fingerprint density at radius 2 is 2.00 bits per heavy atom. The molecule has 0 saturated carbocycles. The second-order valence-corrected chi connectivity index (χ2v) is 5.22. The van der Waals surface area contributed by atoms with Crippen LogP contribution < -0.4 is 5.40 Å². The quantitative estimate of drug-likeness (QED) is 0.575. The van der Waals surface area contributed by atoms with Gasteiger partial charge in [0.25, 0.3) is 0 Å². The lowest BCUT2D eigenvalue weighted by molar-refractivity contribution is 0.870. The fraction of sp³-hybridized carbons (Fsp3) is 1.00. The van der Waals surface area contributed by atoms with E-state index in [0.29, 0.717) is 0 Å². The molecule has 0 bridgehead atoms. The van der Waals surface area contributed by atoms with Gasteiger partial charge in [0, 0.05) is 0 Å². The molecular weight excluding hydrogens is 114 g/mol. The minimum atomic E-state index is -0.699. The molecule has 1 nitrogen and oxygen atoms in total. The highest BCUT2D eigenvalue weighted by Gasteiger charge is 1.97. The van der Waals surface area contributed by atoms with E-state index in [4.69, 9.17) is 5.40 Å². The van der Waals surface area contributed by atoms with Gasteiger partial charge in [-0.1, -0.05) is 32.7 Å². The van der Waals surface area contributed by atoms with E-state index in [1.54, 1.807) is 0 Å². The molecule has 0 rings (SSSR count). The van der Waals surface area contributed by atoms with Crippen LogP contribution in [0.25, 0.3) is 0 Å². The Morgan fingerprint density at radius 3 is 2.38 bits per heavy atom. The maximum Gasteiger partial charge on any atom is 0.105 e. The van der Waals surface area contributed by atoms with E-state index >= 15 is 0 Å². The molecule has 0 aromatic carbocycles. The summed E-state index contributed by atoms with van der Waals surface area (Å²) in [6.07, 6.45) is 2.65. The van der Waals surface area contributed by atoms with Gasteiger partial charge >= 0.3 is 0 Å². The van der Waals surface area contributed by atoms with Gasteiger partial charge < -0.3 is 5.40 Å². The van der Waals surface area contributed by atoms with Crippen molar-refractivity contribution in [2.75, 3.05) is 0 Å². The Morgan fingerprint density at radius 1 is 1.38 bits per heavy atom. The molecule has 0 aliphatic heterocycles. The SMILES string of the molecule is CCCC[SiH](N)CC. The molecule has 0 spiro atoms. The largest absolute Gasteiger partial charge is 0.353 e. The van der Waals surface area contributed by atoms with E-state index in [1.807, 2.05) is 0 Å². The summed E-state index contributed by atoms with van der Waals surface area (Å²) in [6, 6.07) is 2.60. The van der Waals surface area contributed by atoms with Crippen molar-refractivity contribution in [2.24, 2.45) is 5.40 Å². The molecule has 0 amide bonds. The van der Waals surface area contributed by atoms with Gasteiger partial charge in [-0.15, -0.1) is 0 Å². The van der Waals surface area contributed by atoms with Gasteiger partial charge in [0.05, 0.1) is 0 Å². The van der Waals surface area contributed by atoms with Crippen LogP contribution in [0.15, 0.2) is 0 Å². The Labute approximate surface area is 54.0 Å². The minimum Gasteiger partial charge on any atom is -0.353 e. The second-order valence-electron chi connectivity index (χ2n) is 2.31. The number of unbranched alkanes of at least 4 members (excludes halogenated alkanes) is 1. The number of nitrogens with two attached hydrogens (primary N) is 1. The third-order valence-corrected chi connectivity index (χ3v) is 3.65. The van der Waals surface area contributed by atoms with Gasteiger partial charge in [-0.05, 0) is 6.04 Å². The van der Waals surface area contributed by atoms with E-state index in [-0.39, 0.29) is 0 Å². The molecule has 0 aliphatic rings. The molecular formula is C6H17NSi. The number of rotatable bonds is 4. The van der Waals surface area contributed by atoms with Crippen molar-refractivity contribution < 1.29 is 0 Å². The molecule has 0 aliphatic carbocycles. The monoisotopic (exact) mass is 131 g/mol. The Kier molecular flexibility index (Phi) is 5.43. The predicted molar refractivity (Wildman–Crippen MR) is 41.5 cm³/mol. The van der Waals surface area contributed by atoms with Crippen LogP contribution in [0.1, 0.15) is 26.7 Å². The van der Waals surface area contributed by atoms with Crippen LogP contribution in [0.4, 0.5) is 0 Å². The summed E-state index contributed by atoms with van der Waals surface area (Å²) in [4.78, 5) is 0. The topological polar surface area (TPSA) is 26.0 Å². The average molecular weight is 131 g/mol. The summed E-state index contributed by atoms with van der Waals surface area (Å²) >= 11 is 0. The van der Waals surface area contributed by atoms with Crippen molar-refractivity contribution in [2.45, 2.75) is 38.8 Å². The molecule has 1 atom stereocenters. The second kappa shape index (κ2) is 5.32. The standard InChI is InChI=1S/C6H17NSi/c1-3-5-6-8(7)4-2/h8H,3-7H2,1-2H3.